The monoisotopic (exact) mass is 490 g/mol. The van der Waals surface area contributed by atoms with E-state index in [0.29, 0.717) is 18.4 Å². The van der Waals surface area contributed by atoms with E-state index in [4.69, 9.17) is 18.9 Å². The minimum atomic E-state index is -2.10. The molecule has 6 rings (SSSR count). The van der Waals surface area contributed by atoms with Crippen LogP contribution in [0, 0.1) is 34.0 Å². The van der Waals surface area contributed by atoms with E-state index in [-0.39, 0.29) is 31.1 Å². The van der Waals surface area contributed by atoms with Crippen molar-refractivity contribution in [1.29, 1.82) is 0 Å². The molecule has 2 saturated heterocycles. The van der Waals surface area contributed by atoms with Crippen molar-refractivity contribution in [3.8, 4) is 0 Å². The first-order chi connectivity index (χ1) is 16.2. The third-order valence-electron chi connectivity index (χ3n) is 9.59. The van der Waals surface area contributed by atoms with Crippen LogP contribution in [-0.4, -0.2) is 59.5 Å². The summed E-state index contributed by atoms with van der Waals surface area (Å²) in [4.78, 5) is 50.9. The van der Waals surface area contributed by atoms with Crippen molar-refractivity contribution in [3.63, 3.8) is 0 Å². The van der Waals surface area contributed by atoms with Gasteiger partial charge in [0, 0.05) is 44.4 Å². The number of Topliss-reactive ketones (excluding diaryl/α,β-unsaturated/α-hetero) is 1. The molecule has 2 aliphatic heterocycles. The molecule has 0 radical (unpaired) electrons. The Balaban J connectivity index is 1.82. The highest BCUT2D eigenvalue weighted by atomic mass is 16.7. The quantitative estimate of drug-likeness (QED) is 0.359. The normalized spacial score (nSPS) is 46.9. The van der Waals surface area contributed by atoms with Gasteiger partial charge >= 0.3 is 17.9 Å². The van der Waals surface area contributed by atoms with Crippen LogP contribution in [0.3, 0.4) is 0 Å². The summed E-state index contributed by atoms with van der Waals surface area (Å²) < 4.78 is 23.8. The predicted molar refractivity (Wildman–Crippen MR) is 119 cm³/mol. The number of carbonyl (C=O) groups excluding carboxylic acids is 4. The zero-order valence-electron chi connectivity index (χ0n) is 20.9. The van der Waals surface area contributed by atoms with Crippen LogP contribution in [0.2, 0.25) is 0 Å². The molecule has 0 aromatic heterocycles. The Bertz CT molecular complexity index is 1030. The van der Waals surface area contributed by atoms with E-state index in [1.807, 2.05) is 13.8 Å². The smallest absolute Gasteiger partial charge is 0.303 e. The van der Waals surface area contributed by atoms with E-state index in [0.717, 1.165) is 0 Å². The summed E-state index contributed by atoms with van der Waals surface area (Å²) in [6.07, 6.45) is -1.27. The van der Waals surface area contributed by atoms with Crippen molar-refractivity contribution >= 4 is 23.7 Å². The van der Waals surface area contributed by atoms with Gasteiger partial charge in [-0.2, -0.15) is 0 Å². The van der Waals surface area contributed by atoms with Crippen molar-refractivity contribution in [2.75, 3.05) is 6.61 Å². The predicted octanol–water partition coefficient (Wildman–Crippen LogP) is 2.09. The highest BCUT2D eigenvalue weighted by Gasteiger charge is 2.87. The van der Waals surface area contributed by atoms with Crippen LogP contribution in [0.5, 0.6) is 0 Å². The number of fused-ring (bicyclic) bond motifs is 2. The van der Waals surface area contributed by atoms with Gasteiger partial charge in [-0.25, -0.2) is 0 Å². The first-order valence-electron chi connectivity index (χ1n) is 12.3. The van der Waals surface area contributed by atoms with Crippen LogP contribution < -0.4 is 0 Å². The Kier molecular flexibility index (Phi) is 5.15. The first kappa shape index (κ1) is 24.4. The molecule has 0 aromatic rings. The van der Waals surface area contributed by atoms with Gasteiger partial charge in [-0.05, 0) is 36.2 Å². The topological polar surface area (TPSA) is 125 Å². The average Bonchev–Trinajstić information content (AvgIpc) is 2.93. The molecule has 6 fully saturated rings. The number of ether oxygens (including phenoxy) is 4. The third kappa shape index (κ3) is 2.88. The maximum absolute atomic E-state index is 14.0. The maximum Gasteiger partial charge on any atom is 0.303 e. The van der Waals surface area contributed by atoms with Crippen molar-refractivity contribution in [2.24, 2.45) is 34.0 Å². The van der Waals surface area contributed by atoms with Gasteiger partial charge < -0.3 is 24.1 Å². The Morgan fingerprint density at radius 3 is 2.29 bits per heavy atom. The van der Waals surface area contributed by atoms with Gasteiger partial charge in [-0.3, -0.25) is 19.2 Å². The lowest BCUT2D eigenvalue weighted by Gasteiger charge is -2.74. The zero-order valence-corrected chi connectivity index (χ0v) is 20.9. The van der Waals surface area contributed by atoms with E-state index in [2.05, 4.69) is 6.58 Å². The second kappa shape index (κ2) is 7.38. The molecule has 6 aliphatic rings. The molecule has 9 heteroatoms. The highest BCUT2D eigenvalue weighted by molar-refractivity contribution is 5.87. The van der Waals surface area contributed by atoms with Crippen molar-refractivity contribution in [2.45, 2.75) is 84.4 Å². The van der Waals surface area contributed by atoms with E-state index in [9.17, 15) is 24.3 Å². The van der Waals surface area contributed by atoms with Crippen LogP contribution in [0.25, 0.3) is 0 Å². The largest absolute Gasteiger partial charge is 0.462 e. The van der Waals surface area contributed by atoms with E-state index < -0.39 is 70.1 Å². The molecule has 2 spiro atoms. The Morgan fingerprint density at radius 2 is 1.69 bits per heavy atom. The Labute approximate surface area is 204 Å². The van der Waals surface area contributed by atoms with Crippen LogP contribution in [0.1, 0.15) is 60.3 Å². The summed E-state index contributed by atoms with van der Waals surface area (Å²) >= 11 is 0. The summed E-state index contributed by atoms with van der Waals surface area (Å²) in [5.74, 6) is -5.56. The summed E-state index contributed by atoms with van der Waals surface area (Å²) in [5, 5.41) is 12.5. The molecule has 35 heavy (non-hydrogen) atoms. The lowest BCUT2D eigenvalue weighted by molar-refractivity contribution is -0.457. The number of carbonyl (C=O) groups is 4. The van der Waals surface area contributed by atoms with Gasteiger partial charge in [-0.15, -0.1) is 0 Å². The maximum atomic E-state index is 14.0. The molecule has 2 heterocycles. The minimum absolute atomic E-state index is 0.0462. The highest BCUT2D eigenvalue weighted by Crippen LogP contribution is 2.77. The second-order valence-electron chi connectivity index (χ2n) is 11.8. The zero-order chi connectivity index (χ0) is 25.7. The molecule has 1 N–H and O–H groups in total. The standard InChI is InChI=1S/C26H34O9/c1-12-16-9-17(30)19-24-11-32-26(31,25(19,10-16)21(12)34-14(3)28)22(35-15(4)29)20(24)23(5,6)8-7-18(24)33-13(2)27/h16,18-22,31H,1,7-11H2,2-6H3. The van der Waals surface area contributed by atoms with Gasteiger partial charge in [0.15, 0.2) is 6.10 Å². The molecule has 0 amide bonds. The number of hydrogen-bond acceptors (Lipinski definition) is 9. The summed E-state index contributed by atoms with van der Waals surface area (Å²) in [6, 6.07) is 0. The van der Waals surface area contributed by atoms with E-state index >= 15 is 0 Å². The van der Waals surface area contributed by atoms with Gasteiger partial charge in [-0.1, -0.05) is 20.4 Å². The Hall–Kier alpha value is -2.26. The molecule has 9 unspecified atom stereocenters. The third-order valence-corrected chi connectivity index (χ3v) is 9.59. The number of ketones is 1. The van der Waals surface area contributed by atoms with Gasteiger partial charge in [0.25, 0.3) is 0 Å². The number of esters is 3. The molecule has 0 aromatic carbocycles. The molecule has 9 atom stereocenters. The van der Waals surface area contributed by atoms with Gasteiger partial charge in [0.2, 0.25) is 5.79 Å². The van der Waals surface area contributed by atoms with Crippen molar-refractivity contribution < 1.29 is 43.2 Å². The van der Waals surface area contributed by atoms with Gasteiger partial charge in [0.1, 0.15) is 18.0 Å². The summed E-state index contributed by atoms with van der Waals surface area (Å²) in [7, 11) is 0. The van der Waals surface area contributed by atoms with Crippen LogP contribution >= 0.6 is 0 Å². The number of rotatable bonds is 3. The van der Waals surface area contributed by atoms with Crippen LogP contribution in [-0.2, 0) is 38.1 Å². The molecular weight excluding hydrogens is 456 g/mol. The molecule has 4 saturated carbocycles. The van der Waals surface area contributed by atoms with Crippen LogP contribution in [0.4, 0.5) is 0 Å². The fourth-order valence-corrected chi connectivity index (χ4v) is 8.79. The molecule has 4 aliphatic carbocycles. The minimum Gasteiger partial charge on any atom is -0.462 e. The number of hydrogen-bond donors (Lipinski definition) is 1. The molecule has 192 valence electrons. The van der Waals surface area contributed by atoms with E-state index in [1.165, 1.54) is 20.8 Å². The SMILES string of the molecule is C=C1C2CC(=O)C3C45COC(O)(C(OC(C)=O)C4C(C)(C)CCC5OC(C)=O)C3(C2)C1OC(C)=O. The molecule has 4 bridgehead atoms. The number of aliphatic hydroxyl groups is 1. The van der Waals surface area contributed by atoms with E-state index in [1.54, 1.807) is 0 Å². The lowest BCUT2D eigenvalue weighted by Crippen LogP contribution is -2.85. The fourth-order valence-electron chi connectivity index (χ4n) is 8.79. The first-order valence-corrected chi connectivity index (χ1v) is 12.3. The van der Waals surface area contributed by atoms with Crippen molar-refractivity contribution in [3.05, 3.63) is 12.2 Å². The molecular formula is C26H34O9. The summed E-state index contributed by atoms with van der Waals surface area (Å²) in [5.41, 5.74) is -2.44. The Morgan fingerprint density at radius 1 is 1.06 bits per heavy atom. The lowest BCUT2D eigenvalue weighted by atomic mass is 9.35. The van der Waals surface area contributed by atoms with Gasteiger partial charge in [0.05, 0.1) is 12.0 Å². The molecule has 9 nitrogen and oxygen atoms in total. The average molecular weight is 491 g/mol. The van der Waals surface area contributed by atoms with Crippen LogP contribution in [0.15, 0.2) is 12.2 Å². The second-order valence-corrected chi connectivity index (χ2v) is 11.8. The fraction of sp³-hybridized carbons (Fsp3) is 0.769. The van der Waals surface area contributed by atoms with Crippen molar-refractivity contribution in [1.82, 2.24) is 0 Å². The summed E-state index contributed by atoms with van der Waals surface area (Å²) in [6.45, 7) is 12.0.